The Labute approximate surface area is 166 Å². The molecule has 0 radical (unpaired) electrons. The summed E-state index contributed by atoms with van der Waals surface area (Å²) in [7, 11) is 5.00. The molecule has 0 aliphatic carbocycles. The number of nitrogens with zero attached hydrogens (tertiary/aromatic N) is 1. The first-order chi connectivity index (χ1) is 11.7. The molecule has 25 heavy (non-hydrogen) atoms. The molecule has 0 bridgehead atoms. The molecule has 1 atom stereocenters. The second kappa shape index (κ2) is 10.8. The third-order valence-corrected chi connectivity index (χ3v) is 3.81. The topological polar surface area (TPSA) is 54.9 Å². The molecule has 0 fully saturated rings. The van der Waals surface area contributed by atoms with Crippen LogP contribution in [0.3, 0.4) is 0 Å². The third kappa shape index (κ3) is 6.12. The van der Waals surface area contributed by atoms with Crippen molar-refractivity contribution in [3.8, 4) is 11.5 Å². The zero-order valence-corrected chi connectivity index (χ0v) is 17.4. The molecular formula is C19H26IN3O2. The van der Waals surface area contributed by atoms with Gasteiger partial charge in [-0.2, -0.15) is 0 Å². The van der Waals surface area contributed by atoms with Gasteiger partial charge in [0.25, 0.3) is 0 Å². The molecule has 5 nitrogen and oxygen atoms in total. The van der Waals surface area contributed by atoms with E-state index in [-0.39, 0.29) is 24.0 Å². The molecular weight excluding hydrogens is 429 g/mol. The summed E-state index contributed by atoms with van der Waals surface area (Å²) in [5, 5.41) is 6.61. The van der Waals surface area contributed by atoms with Crippen molar-refractivity contribution in [2.24, 2.45) is 4.99 Å². The number of hydrogen-bond donors (Lipinski definition) is 2. The molecule has 0 heterocycles. The first-order valence-corrected chi connectivity index (χ1v) is 7.92. The van der Waals surface area contributed by atoms with Crippen LogP contribution in [0, 0.1) is 0 Å². The summed E-state index contributed by atoms with van der Waals surface area (Å²) >= 11 is 0. The number of aliphatic imine (C=N–C) groups is 1. The first kappa shape index (κ1) is 21.1. The van der Waals surface area contributed by atoms with Gasteiger partial charge in [0.1, 0.15) is 0 Å². The summed E-state index contributed by atoms with van der Waals surface area (Å²) in [4.78, 5) is 4.27. The van der Waals surface area contributed by atoms with Crippen molar-refractivity contribution in [3.63, 3.8) is 0 Å². The average Bonchev–Trinajstić information content (AvgIpc) is 2.65. The van der Waals surface area contributed by atoms with Crippen LogP contribution in [0.1, 0.15) is 18.4 Å². The van der Waals surface area contributed by atoms with Gasteiger partial charge in [-0.05, 0) is 23.6 Å². The van der Waals surface area contributed by atoms with Gasteiger partial charge in [0, 0.05) is 25.3 Å². The van der Waals surface area contributed by atoms with Crippen LogP contribution in [-0.4, -0.2) is 33.8 Å². The maximum atomic E-state index is 5.32. The van der Waals surface area contributed by atoms with Crippen LogP contribution in [0.15, 0.2) is 53.5 Å². The monoisotopic (exact) mass is 455 g/mol. The van der Waals surface area contributed by atoms with E-state index in [1.54, 1.807) is 21.3 Å². The molecule has 6 heteroatoms. The van der Waals surface area contributed by atoms with Gasteiger partial charge in [0.15, 0.2) is 17.5 Å². The number of guanidine groups is 1. The van der Waals surface area contributed by atoms with Crippen LogP contribution < -0.4 is 20.1 Å². The highest BCUT2D eigenvalue weighted by atomic mass is 127. The summed E-state index contributed by atoms with van der Waals surface area (Å²) in [6, 6.07) is 16.1. The van der Waals surface area contributed by atoms with Gasteiger partial charge >= 0.3 is 0 Å². The Morgan fingerprint density at radius 1 is 1.04 bits per heavy atom. The number of anilines is 1. The van der Waals surface area contributed by atoms with Gasteiger partial charge in [-0.3, -0.25) is 4.99 Å². The molecule has 0 amide bonds. The number of hydrogen-bond acceptors (Lipinski definition) is 3. The second-order valence-corrected chi connectivity index (χ2v) is 5.46. The van der Waals surface area contributed by atoms with Gasteiger partial charge in [0.05, 0.1) is 14.2 Å². The predicted octanol–water partition coefficient (Wildman–Crippen LogP) is 4.11. The molecule has 0 aromatic heterocycles. The first-order valence-electron chi connectivity index (χ1n) is 7.92. The van der Waals surface area contributed by atoms with Gasteiger partial charge < -0.3 is 20.1 Å². The number of methoxy groups -OCH3 is 2. The molecule has 2 rings (SSSR count). The van der Waals surface area contributed by atoms with Crippen molar-refractivity contribution in [1.29, 1.82) is 0 Å². The Bertz CT molecular complexity index is 678. The lowest BCUT2D eigenvalue weighted by atomic mass is 10.0. The molecule has 0 spiro atoms. The highest BCUT2D eigenvalue weighted by Crippen LogP contribution is 2.29. The van der Waals surface area contributed by atoms with Gasteiger partial charge in [0.2, 0.25) is 0 Å². The van der Waals surface area contributed by atoms with Crippen LogP contribution in [0.2, 0.25) is 0 Å². The summed E-state index contributed by atoms with van der Waals surface area (Å²) in [5.41, 5.74) is 2.18. The molecule has 2 aromatic rings. The summed E-state index contributed by atoms with van der Waals surface area (Å²) in [6.45, 7) is 2.98. The van der Waals surface area contributed by atoms with Gasteiger partial charge in [-0.15, -0.1) is 24.0 Å². The van der Waals surface area contributed by atoms with Crippen molar-refractivity contribution < 1.29 is 9.47 Å². The standard InChI is InChI=1S/C19H25N3O2.HI/c1-14(15-8-6-5-7-9-15)13-21-19(20-2)22-16-10-11-17(23-3)18(12-16)24-4;/h5-12,14H,13H2,1-4H3,(H2,20,21,22);1H. The zero-order valence-electron chi connectivity index (χ0n) is 15.1. The van der Waals surface area contributed by atoms with E-state index in [2.05, 4.69) is 46.8 Å². The van der Waals surface area contributed by atoms with Crippen molar-refractivity contribution in [1.82, 2.24) is 5.32 Å². The second-order valence-electron chi connectivity index (χ2n) is 5.46. The number of halogens is 1. The number of ether oxygens (including phenoxy) is 2. The maximum Gasteiger partial charge on any atom is 0.195 e. The molecule has 0 aliphatic heterocycles. The highest BCUT2D eigenvalue weighted by Gasteiger charge is 2.08. The van der Waals surface area contributed by atoms with E-state index in [1.165, 1.54) is 5.56 Å². The van der Waals surface area contributed by atoms with Gasteiger partial charge in [-0.25, -0.2) is 0 Å². The van der Waals surface area contributed by atoms with Crippen molar-refractivity contribution >= 4 is 35.6 Å². The maximum absolute atomic E-state index is 5.32. The SMILES string of the molecule is CN=C(NCC(C)c1ccccc1)Nc1ccc(OC)c(OC)c1.I. The smallest absolute Gasteiger partial charge is 0.195 e. The fourth-order valence-corrected chi connectivity index (χ4v) is 2.38. The van der Waals surface area contributed by atoms with Crippen LogP contribution in [0.5, 0.6) is 11.5 Å². The Balaban J connectivity index is 0.00000312. The summed E-state index contributed by atoms with van der Waals surface area (Å²) < 4.78 is 10.6. The van der Waals surface area contributed by atoms with E-state index in [4.69, 9.17) is 9.47 Å². The van der Waals surface area contributed by atoms with E-state index < -0.39 is 0 Å². The van der Waals surface area contributed by atoms with Crippen LogP contribution >= 0.6 is 24.0 Å². The normalized spacial score (nSPS) is 11.9. The molecule has 1 unspecified atom stereocenters. The van der Waals surface area contributed by atoms with Crippen molar-refractivity contribution in [3.05, 3.63) is 54.1 Å². The van der Waals surface area contributed by atoms with E-state index in [0.717, 1.165) is 12.2 Å². The quantitative estimate of drug-likeness (QED) is 0.391. The highest BCUT2D eigenvalue weighted by molar-refractivity contribution is 14.0. The third-order valence-electron chi connectivity index (χ3n) is 3.81. The van der Waals surface area contributed by atoms with Crippen molar-refractivity contribution in [2.45, 2.75) is 12.8 Å². The van der Waals surface area contributed by atoms with Crippen LogP contribution in [0.25, 0.3) is 0 Å². The zero-order chi connectivity index (χ0) is 17.4. The van der Waals surface area contributed by atoms with E-state index in [9.17, 15) is 0 Å². The van der Waals surface area contributed by atoms with Crippen molar-refractivity contribution in [2.75, 3.05) is 33.1 Å². The molecule has 136 valence electrons. The Hall–Kier alpha value is -1.96. The largest absolute Gasteiger partial charge is 0.493 e. The number of rotatable bonds is 6. The Morgan fingerprint density at radius 2 is 1.72 bits per heavy atom. The fraction of sp³-hybridized carbons (Fsp3) is 0.316. The Kier molecular flexibility index (Phi) is 9.12. The minimum atomic E-state index is 0. The van der Waals surface area contributed by atoms with Gasteiger partial charge in [-0.1, -0.05) is 37.3 Å². The van der Waals surface area contributed by atoms with E-state index >= 15 is 0 Å². The lowest BCUT2D eigenvalue weighted by molar-refractivity contribution is 0.355. The van der Waals surface area contributed by atoms with Crippen LogP contribution in [-0.2, 0) is 0 Å². The van der Waals surface area contributed by atoms with E-state index in [1.807, 2.05) is 24.3 Å². The number of benzene rings is 2. The lowest BCUT2D eigenvalue weighted by Gasteiger charge is -2.17. The van der Waals surface area contributed by atoms with E-state index in [0.29, 0.717) is 23.4 Å². The molecule has 0 saturated carbocycles. The predicted molar refractivity (Wildman–Crippen MR) is 115 cm³/mol. The number of nitrogens with one attached hydrogen (secondary N) is 2. The summed E-state index contributed by atoms with van der Waals surface area (Å²) in [6.07, 6.45) is 0. The molecule has 0 saturated heterocycles. The minimum Gasteiger partial charge on any atom is -0.493 e. The summed E-state index contributed by atoms with van der Waals surface area (Å²) in [5.74, 6) is 2.47. The lowest BCUT2D eigenvalue weighted by Crippen LogP contribution is -2.33. The molecule has 2 N–H and O–H groups in total. The molecule has 0 aliphatic rings. The minimum absolute atomic E-state index is 0. The fourth-order valence-electron chi connectivity index (χ4n) is 2.38. The molecule has 2 aromatic carbocycles. The van der Waals surface area contributed by atoms with Crippen LogP contribution in [0.4, 0.5) is 5.69 Å². The Morgan fingerprint density at radius 3 is 2.32 bits per heavy atom. The average molecular weight is 455 g/mol.